The van der Waals surface area contributed by atoms with E-state index >= 15 is 0 Å². The van der Waals surface area contributed by atoms with E-state index in [2.05, 4.69) is 27.7 Å². The van der Waals surface area contributed by atoms with E-state index in [1.54, 1.807) is 12.2 Å². The van der Waals surface area contributed by atoms with Crippen molar-refractivity contribution in [2.24, 2.45) is 9.98 Å². The molecule has 0 N–H and O–H groups in total. The number of nitrogens with zero attached hydrogens (tertiary/aromatic N) is 2. The fraction of sp³-hybridized carbons (Fsp3) is 0.231. The number of rotatable bonds is 7. The molecule has 0 bridgehead atoms. The van der Waals surface area contributed by atoms with E-state index in [9.17, 15) is 10.2 Å². The van der Waals surface area contributed by atoms with Crippen LogP contribution in [-0.4, -0.2) is 35.3 Å². The Labute approximate surface area is 281 Å². The maximum atomic E-state index is 13.0. The first-order valence-electron chi connectivity index (χ1n) is 15.0. The Balaban J connectivity index is 0.000000672. The summed E-state index contributed by atoms with van der Waals surface area (Å²) in [6, 6.07) is 24.9. The van der Waals surface area contributed by atoms with Gasteiger partial charge in [0.05, 0.1) is 28.7 Å². The van der Waals surface area contributed by atoms with E-state index in [4.69, 9.17) is 9.98 Å². The molecule has 0 unspecified atom stereocenters. The van der Waals surface area contributed by atoms with Crippen LogP contribution < -0.4 is 10.2 Å². The molecule has 0 spiro atoms. The largest absolute Gasteiger partial charge is 2.00 e. The summed E-state index contributed by atoms with van der Waals surface area (Å²) in [6.45, 7) is 15.4. The summed E-state index contributed by atoms with van der Waals surface area (Å²) >= 11 is 0. The maximum absolute atomic E-state index is 13.0. The summed E-state index contributed by atoms with van der Waals surface area (Å²) in [5.41, 5.74) is 6.63. The second-order valence-electron chi connectivity index (χ2n) is 10.5. The smallest absolute Gasteiger partial charge is 0.871 e. The Hall–Kier alpha value is -3.64. The zero-order chi connectivity index (χ0) is 31.2. The molecular formula is C39H42N2O2Sn. The van der Waals surface area contributed by atoms with Gasteiger partial charge < -0.3 is 10.2 Å². The Bertz CT molecular complexity index is 1410. The molecule has 5 rings (SSSR count). The van der Waals surface area contributed by atoms with Crippen LogP contribution in [0.4, 0.5) is 0 Å². The van der Waals surface area contributed by atoms with Crippen molar-refractivity contribution in [2.45, 2.75) is 59.3 Å². The molecule has 3 aromatic carbocycles. The van der Waals surface area contributed by atoms with E-state index in [0.29, 0.717) is 22.5 Å². The van der Waals surface area contributed by atoms with Crippen LogP contribution in [0.15, 0.2) is 125 Å². The van der Waals surface area contributed by atoms with Crippen LogP contribution in [0, 0.1) is 27.7 Å². The van der Waals surface area contributed by atoms with Crippen molar-refractivity contribution in [2.75, 3.05) is 0 Å². The van der Waals surface area contributed by atoms with Crippen LogP contribution in [0.1, 0.15) is 73.3 Å². The molecule has 224 valence electrons. The van der Waals surface area contributed by atoms with Crippen molar-refractivity contribution >= 4 is 46.8 Å². The molecule has 4 radical (unpaired) electrons. The number of aliphatic imine (C=N–C) groups is 2. The summed E-state index contributed by atoms with van der Waals surface area (Å²) in [7, 11) is 0. The van der Waals surface area contributed by atoms with Gasteiger partial charge >= 0.3 is 23.9 Å². The van der Waals surface area contributed by atoms with Gasteiger partial charge in [-0.1, -0.05) is 155 Å². The van der Waals surface area contributed by atoms with Crippen LogP contribution in [0.2, 0.25) is 0 Å². The van der Waals surface area contributed by atoms with Crippen LogP contribution in [0.25, 0.3) is 11.5 Å². The normalized spacial score (nSPS) is 16.0. The third kappa shape index (κ3) is 10.2. The van der Waals surface area contributed by atoms with Gasteiger partial charge in [-0.2, -0.15) is 0 Å². The second-order valence-corrected chi connectivity index (χ2v) is 10.5. The molecule has 0 aromatic heterocycles. The Morgan fingerprint density at radius 2 is 0.977 bits per heavy atom. The molecule has 0 fully saturated rings. The van der Waals surface area contributed by atoms with Crippen molar-refractivity contribution in [3.05, 3.63) is 156 Å². The van der Waals surface area contributed by atoms with Crippen molar-refractivity contribution < 1.29 is 10.2 Å². The SMILES string of the molecule is Cc1ccc(C([O-])=C2C=CC(C(C3=NC(=C([O-])c4ccc(C)cc4)C=C3)c3ccccc3)=N2)cc1.[CH2]CCC.[CH2]CCC.[Sn+2]. The minimum Gasteiger partial charge on any atom is -0.871 e. The minimum absolute atomic E-state index is 0. The zero-order valence-electron chi connectivity index (χ0n) is 26.3. The van der Waals surface area contributed by atoms with Crippen molar-refractivity contribution in [1.29, 1.82) is 0 Å². The fourth-order valence-corrected chi connectivity index (χ4v) is 4.17. The van der Waals surface area contributed by atoms with Gasteiger partial charge in [0.15, 0.2) is 0 Å². The van der Waals surface area contributed by atoms with E-state index in [-0.39, 0.29) is 41.3 Å². The van der Waals surface area contributed by atoms with Gasteiger partial charge in [0.1, 0.15) is 0 Å². The number of unbranched alkanes of at least 4 members (excludes halogenated alkanes) is 2. The van der Waals surface area contributed by atoms with Crippen LogP contribution in [-0.2, 0) is 0 Å². The van der Waals surface area contributed by atoms with Gasteiger partial charge in [-0.25, -0.2) is 0 Å². The minimum atomic E-state index is -0.296. The number of hydrogen-bond acceptors (Lipinski definition) is 4. The summed E-state index contributed by atoms with van der Waals surface area (Å²) in [5, 5.41) is 26.0. The van der Waals surface area contributed by atoms with Gasteiger partial charge in [0.2, 0.25) is 0 Å². The Morgan fingerprint density at radius 3 is 1.32 bits per heavy atom. The first kappa shape index (κ1) is 36.5. The van der Waals surface area contributed by atoms with Gasteiger partial charge in [0, 0.05) is 0 Å². The van der Waals surface area contributed by atoms with Crippen LogP contribution >= 0.6 is 0 Å². The van der Waals surface area contributed by atoms with Gasteiger partial charge in [0.25, 0.3) is 0 Å². The monoisotopic (exact) mass is 690 g/mol. The first-order chi connectivity index (χ1) is 20.8. The van der Waals surface area contributed by atoms with Crippen LogP contribution in [0.3, 0.4) is 0 Å². The molecule has 0 saturated heterocycles. The van der Waals surface area contributed by atoms with E-state index in [1.807, 2.05) is 105 Å². The van der Waals surface area contributed by atoms with E-state index in [0.717, 1.165) is 41.0 Å². The van der Waals surface area contributed by atoms with Gasteiger partial charge in [-0.05, 0) is 54.8 Å². The number of aryl methyl sites for hydroxylation is 2. The molecule has 0 saturated carbocycles. The van der Waals surface area contributed by atoms with Crippen molar-refractivity contribution in [1.82, 2.24) is 0 Å². The molecule has 3 aromatic rings. The van der Waals surface area contributed by atoms with Crippen molar-refractivity contribution in [3.63, 3.8) is 0 Å². The maximum Gasteiger partial charge on any atom is 2.00 e. The average Bonchev–Trinajstić information content (AvgIpc) is 3.73. The Morgan fingerprint density at radius 1 is 0.614 bits per heavy atom. The molecule has 2 heterocycles. The molecule has 0 aliphatic carbocycles. The third-order valence-electron chi connectivity index (χ3n) is 6.85. The third-order valence-corrected chi connectivity index (χ3v) is 6.85. The van der Waals surface area contributed by atoms with Crippen LogP contribution in [0.5, 0.6) is 0 Å². The Kier molecular flexibility index (Phi) is 15.7. The molecule has 4 nitrogen and oxygen atoms in total. The summed E-state index contributed by atoms with van der Waals surface area (Å²) in [4.78, 5) is 9.42. The summed E-state index contributed by atoms with van der Waals surface area (Å²) in [5.74, 6) is -0.530. The molecule has 5 heteroatoms. The molecule has 0 amide bonds. The quantitative estimate of drug-likeness (QED) is 0.188. The number of allylic oxidation sites excluding steroid dienone is 4. The number of benzene rings is 3. The second kappa shape index (κ2) is 18.9. The number of hydrogen-bond donors (Lipinski definition) is 0. The van der Waals surface area contributed by atoms with Crippen molar-refractivity contribution in [3.8, 4) is 0 Å². The molecule has 44 heavy (non-hydrogen) atoms. The summed E-state index contributed by atoms with van der Waals surface area (Å²) < 4.78 is 0. The summed E-state index contributed by atoms with van der Waals surface area (Å²) in [6.07, 6.45) is 11.8. The molecule has 0 atom stereocenters. The average molecular weight is 689 g/mol. The zero-order valence-corrected chi connectivity index (χ0v) is 29.2. The fourth-order valence-electron chi connectivity index (χ4n) is 4.17. The predicted octanol–water partition coefficient (Wildman–Crippen LogP) is 7.73. The van der Waals surface area contributed by atoms with Gasteiger partial charge in [-0.15, -0.1) is 0 Å². The van der Waals surface area contributed by atoms with E-state index < -0.39 is 0 Å². The first-order valence-corrected chi connectivity index (χ1v) is 15.0. The molecule has 2 aliphatic rings. The van der Waals surface area contributed by atoms with E-state index in [1.165, 1.54) is 12.8 Å². The predicted molar refractivity (Wildman–Crippen MR) is 185 cm³/mol. The topological polar surface area (TPSA) is 70.8 Å². The van der Waals surface area contributed by atoms with Gasteiger partial charge in [-0.3, -0.25) is 9.98 Å². The molecule has 2 aliphatic heterocycles. The standard InChI is InChI=1S/C31H26N2O2.2C4H9.Sn/c1-20-8-12-23(13-9-20)30(34)27-18-16-25(32-27)29(22-6-4-3-5-7-22)26-17-19-28(33-26)31(35)24-14-10-21(2)11-15-24;2*1-3-4-2;/h3-19,29,34-35H,1-2H3;2*1,3-4H2,2H3;/q;;;+2/p-2. The molecular weight excluding hydrogens is 647 g/mol.